The van der Waals surface area contributed by atoms with E-state index in [1.165, 1.54) is 31.8 Å². The third-order valence-corrected chi connectivity index (χ3v) is 7.10. The number of fused-ring (bicyclic) bond motifs is 1. The molecule has 142 valence electrons. The van der Waals surface area contributed by atoms with Gasteiger partial charge in [0.05, 0.1) is 16.8 Å². The van der Waals surface area contributed by atoms with Gasteiger partial charge in [0.25, 0.3) is 0 Å². The van der Waals surface area contributed by atoms with Gasteiger partial charge in [0, 0.05) is 16.7 Å². The molecule has 1 aromatic heterocycles. The van der Waals surface area contributed by atoms with E-state index < -0.39 is 0 Å². The highest BCUT2D eigenvalue weighted by Crippen LogP contribution is 2.33. The van der Waals surface area contributed by atoms with Crippen molar-refractivity contribution in [3.05, 3.63) is 51.6 Å². The Hall–Kier alpha value is -1.34. The van der Waals surface area contributed by atoms with Crippen molar-refractivity contribution in [1.29, 1.82) is 0 Å². The lowest BCUT2D eigenvalue weighted by Crippen LogP contribution is -2.34. The second-order valence-electron chi connectivity index (χ2n) is 7.17. The summed E-state index contributed by atoms with van der Waals surface area (Å²) < 4.78 is 8.52. The first-order valence-electron chi connectivity index (χ1n) is 9.74. The summed E-state index contributed by atoms with van der Waals surface area (Å²) in [6.45, 7) is 5.20. The molecule has 2 heterocycles. The number of ether oxygens (including phenoxy) is 1. The van der Waals surface area contributed by atoms with E-state index in [-0.39, 0.29) is 0 Å². The van der Waals surface area contributed by atoms with E-state index >= 15 is 0 Å². The zero-order valence-corrected chi connectivity index (χ0v) is 18.6. The third kappa shape index (κ3) is 4.74. The van der Waals surface area contributed by atoms with Crippen LogP contribution >= 0.6 is 33.9 Å². The van der Waals surface area contributed by atoms with Crippen LogP contribution in [0.1, 0.15) is 31.7 Å². The van der Waals surface area contributed by atoms with Crippen LogP contribution < -0.4 is 9.64 Å². The Morgan fingerprint density at radius 3 is 2.67 bits per heavy atom. The predicted molar refractivity (Wildman–Crippen MR) is 123 cm³/mol. The third-order valence-electron chi connectivity index (χ3n) is 5.35. The van der Waals surface area contributed by atoms with Crippen LogP contribution in [0.3, 0.4) is 0 Å². The van der Waals surface area contributed by atoms with E-state index in [1.807, 2.05) is 11.3 Å². The molecule has 2 aromatic carbocycles. The Kier molecular flexibility index (Phi) is 6.18. The van der Waals surface area contributed by atoms with Crippen molar-refractivity contribution in [3.63, 3.8) is 0 Å². The van der Waals surface area contributed by atoms with Crippen molar-refractivity contribution in [1.82, 2.24) is 4.98 Å². The first kappa shape index (κ1) is 19.0. The van der Waals surface area contributed by atoms with Gasteiger partial charge in [0.1, 0.15) is 5.75 Å². The van der Waals surface area contributed by atoms with Gasteiger partial charge in [-0.3, -0.25) is 0 Å². The van der Waals surface area contributed by atoms with Crippen LogP contribution in [0.5, 0.6) is 5.75 Å². The molecule has 1 fully saturated rings. The average Bonchev–Trinajstić information content (AvgIpc) is 3.12. The molecule has 4 rings (SSSR count). The molecule has 0 saturated carbocycles. The van der Waals surface area contributed by atoms with E-state index in [4.69, 9.17) is 9.72 Å². The summed E-state index contributed by atoms with van der Waals surface area (Å²) in [6, 6.07) is 15.0. The van der Waals surface area contributed by atoms with Crippen molar-refractivity contribution in [3.8, 4) is 5.75 Å². The van der Waals surface area contributed by atoms with Crippen molar-refractivity contribution in [2.45, 2.75) is 32.6 Å². The minimum absolute atomic E-state index is 0.756. The summed E-state index contributed by atoms with van der Waals surface area (Å²) in [4.78, 5) is 7.29. The Bertz CT molecular complexity index is 885. The van der Waals surface area contributed by atoms with E-state index in [9.17, 15) is 0 Å². The van der Waals surface area contributed by atoms with Crippen molar-refractivity contribution < 1.29 is 4.74 Å². The zero-order valence-electron chi connectivity index (χ0n) is 15.7. The number of piperidine rings is 1. The summed E-state index contributed by atoms with van der Waals surface area (Å²) >= 11 is 4.19. The van der Waals surface area contributed by atoms with Gasteiger partial charge < -0.3 is 9.64 Å². The highest BCUT2D eigenvalue weighted by Gasteiger charge is 2.21. The lowest BCUT2D eigenvalue weighted by atomic mass is 9.94. The number of thiazole rings is 1. The lowest BCUT2D eigenvalue weighted by molar-refractivity contribution is 0.258. The van der Waals surface area contributed by atoms with Gasteiger partial charge in [-0.05, 0) is 90.1 Å². The highest BCUT2D eigenvalue weighted by atomic mass is 127. The van der Waals surface area contributed by atoms with Crippen LogP contribution in [0.2, 0.25) is 0 Å². The molecule has 0 N–H and O–H groups in total. The van der Waals surface area contributed by atoms with Crippen molar-refractivity contribution >= 4 is 49.3 Å². The Morgan fingerprint density at radius 1 is 1.15 bits per heavy atom. The summed E-state index contributed by atoms with van der Waals surface area (Å²) in [5.74, 6) is 1.75. The maximum absolute atomic E-state index is 5.95. The molecule has 3 nitrogen and oxygen atoms in total. The number of anilines is 1. The number of hydrogen-bond acceptors (Lipinski definition) is 4. The SMILES string of the molecule is CCc1ccc(OCCC2CCN(c3nc4ccc(I)cc4s3)CC2)cc1. The molecule has 0 unspecified atom stereocenters. The summed E-state index contributed by atoms with van der Waals surface area (Å²) in [5.41, 5.74) is 2.49. The zero-order chi connectivity index (χ0) is 18.6. The van der Waals surface area contributed by atoms with E-state index in [0.717, 1.165) is 49.7 Å². The molecule has 1 aliphatic heterocycles. The topological polar surface area (TPSA) is 25.4 Å². The normalized spacial score (nSPS) is 15.4. The minimum atomic E-state index is 0.756. The molecule has 0 spiro atoms. The number of benzene rings is 2. The smallest absolute Gasteiger partial charge is 0.186 e. The van der Waals surface area contributed by atoms with Gasteiger partial charge in [-0.1, -0.05) is 30.4 Å². The molecule has 0 bridgehead atoms. The Morgan fingerprint density at radius 2 is 1.93 bits per heavy atom. The van der Waals surface area contributed by atoms with E-state index in [1.54, 1.807) is 0 Å². The van der Waals surface area contributed by atoms with Crippen molar-refractivity contribution in [2.24, 2.45) is 5.92 Å². The largest absolute Gasteiger partial charge is 0.494 e. The molecule has 1 saturated heterocycles. The highest BCUT2D eigenvalue weighted by molar-refractivity contribution is 14.1. The van der Waals surface area contributed by atoms with Crippen LogP contribution in [0.4, 0.5) is 5.13 Å². The first-order chi connectivity index (χ1) is 13.2. The molecule has 0 amide bonds. The molecular weight excluding hydrogens is 467 g/mol. The first-order valence-corrected chi connectivity index (χ1v) is 11.6. The number of hydrogen-bond donors (Lipinski definition) is 0. The lowest BCUT2D eigenvalue weighted by Gasteiger charge is -2.31. The van der Waals surface area contributed by atoms with Crippen LogP contribution in [-0.4, -0.2) is 24.7 Å². The fraction of sp³-hybridized carbons (Fsp3) is 0.409. The second kappa shape index (κ2) is 8.78. The number of rotatable bonds is 6. The molecule has 3 aromatic rings. The molecule has 1 aliphatic rings. The second-order valence-corrected chi connectivity index (χ2v) is 9.43. The van der Waals surface area contributed by atoms with Crippen LogP contribution in [0.15, 0.2) is 42.5 Å². The maximum atomic E-state index is 5.95. The Balaban J connectivity index is 1.25. The average molecular weight is 492 g/mol. The minimum Gasteiger partial charge on any atom is -0.494 e. The molecular formula is C22H25IN2OS. The van der Waals surface area contributed by atoms with E-state index in [2.05, 4.69) is 76.9 Å². The van der Waals surface area contributed by atoms with Crippen LogP contribution in [0, 0.1) is 9.49 Å². The fourth-order valence-corrected chi connectivity index (χ4v) is 5.36. The number of aromatic nitrogens is 1. The quantitative estimate of drug-likeness (QED) is 0.386. The fourth-order valence-electron chi connectivity index (χ4n) is 3.60. The van der Waals surface area contributed by atoms with Gasteiger partial charge in [-0.2, -0.15) is 0 Å². The standard InChI is InChI=1S/C22H25IN2OS/c1-2-16-3-6-19(7-4-16)26-14-11-17-9-12-25(13-10-17)22-24-20-8-5-18(23)15-21(20)27-22/h3-8,15,17H,2,9-14H2,1H3. The van der Waals surface area contributed by atoms with Gasteiger partial charge in [-0.25, -0.2) is 4.98 Å². The summed E-state index contributed by atoms with van der Waals surface area (Å²) in [6.07, 6.45) is 4.67. The summed E-state index contributed by atoms with van der Waals surface area (Å²) in [5, 5.41) is 1.18. The van der Waals surface area contributed by atoms with Gasteiger partial charge in [0.15, 0.2) is 5.13 Å². The van der Waals surface area contributed by atoms with Crippen LogP contribution in [-0.2, 0) is 6.42 Å². The molecule has 0 radical (unpaired) electrons. The molecule has 5 heteroatoms. The van der Waals surface area contributed by atoms with E-state index in [0.29, 0.717) is 0 Å². The monoisotopic (exact) mass is 492 g/mol. The summed E-state index contributed by atoms with van der Waals surface area (Å²) in [7, 11) is 0. The Labute approximate surface area is 178 Å². The molecule has 27 heavy (non-hydrogen) atoms. The number of halogens is 1. The molecule has 0 aliphatic carbocycles. The number of nitrogens with zero attached hydrogens (tertiary/aromatic N) is 2. The van der Waals surface area contributed by atoms with Crippen LogP contribution in [0.25, 0.3) is 10.2 Å². The van der Waals surface area contributed by atoms with Gasteiger partial charge in [0.2, 0.25) is 0 Å². The molecule has 0 atom stereocenters. The van der Waals surface area contributed by atoms with Crippen molar-refractivity contribution in [2.75, 3.05) is 24.6 Å². The predicted octanol–water partition coefficient (Wildman–Crippen LogP) is 6.15. The maximum Gasteiger partial charge on any atom is 0.186 e. The number of aryl methyl sites for hydroxylation is 1. The van der Waals surface area contributed by atoms with Gasteiger partial charge in [-0.15, -0.1) is 0 Å². The van der Waals surface area contributed by atoms with Gasteiger partial charge >= 0.3 is 0 Å².